The van der Waals surface area contributed by atoms with E-state index in [-0.39, 0.29) is 23.3 Å². The third-order valence-electron chi connectivity index (χ3n) is 4.21. The van der Waals surface area contributed by atoms with Crippen LogP contribution in [0.3, 0.4) is 0 Å². The van der Waals surface area contributed by atoms with E-state index in [2.05, 4.69) is 10.4 Å². The summed E-state index contributed by atoms with van der Waals surface area (Å²) in [6, 6.07) is 11.2. The van der Waals surface area contributed by atoms with E-state index in [1.165, 1.54) is 16.8 Å². The second-order valence-corrected chi connectivity index (χ2v) is 6.30. The standard InChI is InChI=1S/C19H20N4O4/c1-4-12(2)20-19(24)17-11-16(18-9-8-13(3)27-18)21-22(17)14-6-5-7-15(10-14)23(25)26/h5-12H,4H2,1-3H3,(H,20,24). The highest BCUT2D eigenvalue weighted by Crippen LogP contribution is 2.25. The summed E-state index contributed by atoms with van der Waals surface area (Å²) in [4.78, 5) is 23.4. The number of carbonyl (C=O) groups excluding carboxylic acids is 1. The van der Waals surface area contributed by atoms with Gasteiger partial charge in [0.05, 0.1) is 10.6 Å². The van der Waals surface area contributed by atoms with Crippen LogP contribution in [0.15, 0.2) is 46.9 Å². The quantitative estimate of drug-likeness (QED) is 0.525. The highest BCUT2D eigenvalue weighted by atomic mass is 16.6. The second-order valence-electron chi connectivity index (χ2n) is 6.30. The predicted octanol–water partition coefficient (Wildman–Crippen LogP) is 3.88. The van der Waals surface area contributed by atoms with E-state index >= 15 is 0 Å². The van der Waals surface area contributed by atoms with Gasteiger partial charge in [-0.25, -0.2) is 4.68 Å². The van der Waals surface area contributed by atoms with Gasteiger partial charge in [-0.15, -0.1) is 0 Å². The van der Waals surface area contributed by atoms with Crippen molar-refractivity contribution in [3.63, 3.8) is 0 Å². The Bertz CT molecular complexity index is 989. The van der Waals surface area contributed by atoms with Crippen LogP contribution >= 0.6 is 0 Å². The molecule has 0 aliphatic carbocycles. The van der Waals surface area contributed by atoms with Gasteiger partial charge in [-0.1, -0.05) is 13.0 Å². The number of benzene rings is 1. The summed E-state index contributed by atoms with van der Waals surface area (Å²) in [5.74, 6) is 0.938. The lowest BCUT2D eigenvalue weighted by atomic mass is 10.2. The summed E-state index contributed by atoms with van der Waals surface area (Å²) in [7, 11) is 0. The number of nitro groups is 1. The third-order valence-corrected chi connectivity index (χ3v) is 4.21. The van der Waals surface area contributed by atoms with E-state index in [4.69, 9.17) is 4.42 Å². The molecule has 0 fully saturated rings. The molecule has 8 heteroatoms. The Balaban J connectivity index is 2.10. The zero-order valence-electron chi connectivity index (χ0n) is 15.3. The Hall–Kier alpha value is -3.42. The number of non-ortho nitro benzene ring substituents is 1. The largest absolute Gasteiger partial charge is 0.460 e. The van der Waals surface area contributed by atoms with Crippen LogP contribution in [0.25, 0.3) is 17.1 Å². The lowest BCUT2D eigenvalue weighted by Gasteiger charge is -2.12. The molecule has 140 valence electrons. The van der Waals surface area contributed by atoms with E-state index in [1.807, 2.05) is 20.8 Å². The number of hydrogen-bond acceptors (Lipinski definition) is 5. The molecular weight excluding hydrogens is 348 g/mol. The number of rotatable bonds is 6. The first-order chi connectivity index (χ1) is 12.9. The summed E-state index contributed by atoms with van der Waals surface area (Å²) >= 11 is 0. The fourth-order valence-electron chi connectivity index (χ4n) is 2.57. The molecule has 0 aliphatic rings. The molecule has 0 bridgehead atoms. The van der Waals surface area contributed by atoms with Gasteiger partial charge in [-0.2, -0.15) is 5.10 Å². The Morgan fingerprint density at radius 2 is 2.11 bits per heavy atom. The van der Waals surface area contributed by atoms with Gasteiger partial charge in [0.1, 0.15) is 17.1 Å². The zero-order valence-corrected chi connectivity index (χ0v) is 15.3. The number of aryl methyl sites for hydroxylation is 1. The molecular formula is C19H20N4O4. The van der Waals surface area contributed by atoms with Crippen molar-refractivity contribution >= 4 is 11.6 Å². The average Bonchev–Trinajstić information content (AvgIpc) is 3.28. The van der Waals surface area contributed by atoms with Gasteiger partial charge in [-0.05, 0) is 38.5 Å². The summed E-state index contributed by atoms with van der Waals surface area (Å²) in [6.07, 6.45) is 0.779. The van der Waals surface area contributed by atoms with Gasteiger partial charge in [0.15, 0.2) is 5.76 Å². The SMILES string of the molecule is CCC(C)NC(=O)c1cc(-c2ccc(C)o2)nn1-c1cccc([N+](=O)[O-])c1. The minimum Gasteiger partial charge on any atom is -0.460 e. The van der Waals surface area contributed by atoms with E-state index in [9.17, 15) is 14.9 Å². The Kier molecular flexibility index (Phi) is 5.07. The van der Waals surface area contributed by atoms with Crippen LogP contribution < -0.4 is 5.32 Å². The zero-order chi connectivity index (χ0) is 19.6. The van der Waals surface area contributed by atoms with Gasteiger partial charge in [0.25, 0.3) is 11.6 Å². The first kappa shape index (κ1) is 18.4. The van der Waals surface area contributed by atoms with Crippen LogP contribution in [0.5, 0.6) is 0 Å². The molecule has 1 N–H and O–H groups in total. The van der Waals surface area contributed by atoms with Gasteiger partial charge >= 0.3 is 0 Å². The molecule has 2 heterocycles. The molecule has 0 saturated carbocycles. The average molecular weight is 368 g/mol. The number of nitro benzene ring substituents is 1. The molecule has 0 spiro atoms. The number of nitrogens with one attached hydrogen (secondary N) is 1. The second kappa shape index (κ2) is 7.45. The monoisotopic (exact) mass is 368 g/mol. The maximum absolute atomic E-state index is 12.7. The minimum absolute atomic E-state index is 0.0136. The number of hydrogen-bond donors (Lipinski definition) is 1. The van der Waals surface area contributed by atoms with E-state index in [0.29, 0.717) is 17.1 Å². The predicted molar refractivity (Wildman–Crippen MR) is 99.9 cm³/mol. The first-order valence-electron chi connectivity index (χ1n) is 8.61. The van der Waals surface area contributed by atoms with Crippen LogP contribution in [0, 0.1) is 17.0 Å². The fourth-order valence-corrected chi connectivity index (χ4v) is 2.57. The van der Waals surface area contributed by atoms with Crippen LogP contribution in [-0.4, -0.2) is 26.7 Å². The third kappa shape index (κ3) is 3.89. The molecule has 2 aromatic heterocycles. The molecule has 1 amide bonds. The lowest BCUT2D eigenvalue weighted by Crippen LogP contribution is -2.33. The van der Waals surface area contributed by atoms with Crippen molar-refractivity contribution in [2.45, 2.75) is 33.2 Å². The molecule has 1 unspecified atom stereocenters. The maximum atomic E-state index is 12.7. The van der Waals surface area contributed by atoms with Crippen molar-refractivity contribution in [3.8, 4) is 17.1 Å². The first-order valence-corrected chi connectivity index (χ1v) is 8.61. The van der Waals surface area contributed by atoms with Crippen LogP contribution in [0.2, 0.25) is 0 Å². The molecule has 1 aromatic carbocycles. The summed E-state index contributed by atoms with van der Waals surface area (Å²) < 4.78 is 7.00. The van der Waals surface area contributed by atoms with Crippen molar-refractivity contribution in [2.75, 3.05) is 0 Å². The Morgan fingerprint density at radius 1 is 1.33 bits per heavy atom. The molecule has 0 saturated heterocycles. The molecule has 8 nitrogen and oxygen atoms in total. The smallest absolute Gasteiger partial charge is 0.271 e. The number of nitrogens with zero attached hydrogens (tertiary/aromatic N) is 3. The van der Waals surface area contributed by atoms with Crippen LogP contribution in [-0.2, 0) is 0 Å². The summed E-state index contributed by atoms with van der Waals surface area (Å²) in [6.45, 7) is 5.69. The topological polar surface area (TPSA) is 103 Å². The van der Waals surface area contributed by atoms with Crippen LogP contribution in [0.1, 0.15) is 36.5 Å². The lowest BCUT2D eigenvalue weighted by molar-refractivity contribution is -0.384. The van der Waals surface area contributed by atoms with Crippen molar-refractivity contribution in [2.24, 2.45) is 0 Å². The van der Waals surface area contributed by atoms with E-state index in [0.717, 1.165) is 12.2 Å². The van der Waals surface area contributed by atoms with Crippen molar-refractivity contribution in [1.29, 1.82) is 0 Å². The molecule has 0 radical (unpaired) electrons. The molecule has 3 rings (SSSR count). The Morgan fingerprint density at radius 3 is 2.74 bits per heavy atom. The molecule has 1 atom stereocenters. The van der Waals surface area contributed by atoms with Gasteiger partial charge in [0.2, 0.25) is 0 Å². The van der Waals surface area contributed by atoms with Crippen molar-refractivity contribution < 1.29 is 14.1 Å². The minimum atomic E-state index is -0.483. The van der Waals surface area contributed by atoms with Crippen molar-refractivity contribution in [3.05, 3.63) is 64.0 Å². The van der Waals surface area contributed by atoms with Gasteiger partial charge in [0, 0.05) is 24.2 Å². The molecule has 3 aromatic rings. The van der Waals surface area contributed by atoms with Gasteiger partial charge in [-0.3, -0.25) is 14.9 Å². The maximum Gasteiger partial charge on any atom is 0.271 e. The normalized spacial score (nSPS) is 12.0. The van der Waals surface area contributed by atoms with E-state index < -0.39 is 4.92 Å². The highest BCUT2D eigenvalue weighted by molar-refractivity contribution is 5.94. The number of furan rings is 1. The van der Waals surface area contributed by atoms with Crippen molar-refractivity contribution in [1.82, 2.24) is 15.1 Å². The van der Waals surface area contributed by atoms with E-state index in [1.54, 1.807) is 30.3 Å². The molecule has 27 heavy (non-hydrogen) atoms. The molecule has 0 aliphatic heterocycles. The van der Waals surface area contributed by atoms with Gasteiger partial charge < -0.3 is 9.73 Å². The van der Waals surface area contributed by atoms with Crippen LogP contribution in [0.4, 0.5) is 5.69 Å². The highest BCUT2D eigenvalue weighted by Gasteiger charge is 2.21. The summed E-state index contributed by atoms with van der Waals surface area (Å²) in [5.41, 5.74) is 1.10. The number of amides is 1. The number of carbonyl (C=O) groups is 1. The summed E-state index contributed by atoms with van der Waals surface area (Å²) in [5, 5.41) is 18.5. The fraction of sp³-hybridized carbons (Fsp3) is 0.263. The Labute approximate surface area is 156 Å². The number of aromatic nitrogens is 2.